The first-order chi connectivity index (χ1) is 11.4. The summed E-state index contributed by atoms with van der Waals surface area (Å²) in [4.78, 5) is 14.8. The Hall–Kier alpha value is -1.40. The molecule has 3 rings (SSSR count). The number of hydrogen-bond acceptors (Lipinski definition) is 3. The van der Waals surface area contributed by atoms with Crippen molar-refractivity contribution in [3.8, 4) is 0 Å². The van der Waals surface area contributed by atoms with E-state index in [0.29, 0.717) is 30.5 Å². The summed E-state index contributed by atoms with van der Waals surface area (Å²) in [6.07, 6.45) is 2.99. The fraction of sp³-hybridized carbons (Fsp3) is 0.611. The standard InChI is InChI=1S/C18H26N2O3S/c1-14-11-15(2)13-19(12-14)18(21)16-5-7-17(8-6-16)24(22,23)20-9-3-4-10-20/h5-8,14-15H,3-4,9-13H2,1-2H3/t14-,15+. The van der Waals surface area contributed by atoms with E-state index < -0.39 is 10.0 Å². The van der Waals surface area contributed by atoms with E-state index in [1.54, 1.807) is 24.3 Å². The highest BCUT2D eigenvalue weighted by atomic mass is 32.2. The van der Waals surface area contributed by atoms with Gasteiger partial charge in [0.05, 0.1) is 4.90 Å². The molecule has 0 spiro atoms. The number of nitrogens with zero attached hydrogens (tertiary/aromatic N) is 2. The van der Waals surface area contributed by atoms with Crippen LogP contribution in [0.25, 0.3) is 0 Å². The Kier molecular flexibility index (Phi) is 4.97. The van der Waals surface area contributed by atoms with Gasteiger partial charge in [0, 0.05) is 31.7 Å². The van der Waals surface area contributed by atoms with Crippen LogP contribution in [0.4, 0.5) is 0 Å². The molecule has 1 amide bonds. The first-order valence-electron chi connectivity index (χ1n) is 8.77. The smallest absolute Gasteiger partial charge is 0.253 e. The van der Waals surface area contributed by atoms with Crippen LogP contribution < -0.4 is 0 Å². The van der Waals surface area contributed by atoms with E-state index in [2.05, 4.69) is 13.8 Å². The largest absolute Gasteiger partial charge is 0.338 e. The molecule has 132 valence electrons. The highest BCUT2D eigenvalue weighted by Crippen LogP contribution is 2.24. The molecule has 24 heavy (non-hydrogen) atoms. The van der Waals surface area contributed by atoms with Crippen LogP contribution in [0.1, 0.15) is 43.5 Å². The third-order valence-corrected chi connectivity index (χ3v) is 6.87. The molecule has 0 saturated carbocycles. The molecule has 0 bridgehead atoms. The summed E-state index contributed by atoms with van der Waals surface area (Å²) in [5.74, 6) is 1.01. The second kappa shape index (κ2) is 6.84. The third-order valence-electron chi connectivity index (χ3n) is 4.96. The number of amides is 1. The van der Waals surface area contributed by atoms with Gasteiger partial charge in [0.1, 0.15) is 0 Å². The zero-order valence-corrected chi connectivity index (χ0v) is 15.3. The number of carbonyl (C=O) groups is 1. The quantitative estimate of drug-likeness (QED) is 0.842. The molecule has 2 fully saturated rings. The Morgan fingerprint density at radius 3 is 2.08 bits per heavy atom. The molecular formula is C18H26N2O3S. The summed E-state index contributed by atoms with van der Waals surface area (Å²) in [5, 5.41) is 0. The summed E-state index contributed by atoms with van der Waals surface area (Å²) < 4.78 is 26.6. The van der Waals surface area contributed by atoms with Crippen LogP contribution in [-0.2, 0) is 10.0 Å². The predicted octanol–water partition coefficient (Wildman–Crippen LogP) is 2.59. The lowest BCUT2D eigenvalue weighted by Gasteiger charge is -2.35. The van der Waals surface area contributed by atoms with Crippen molar-refractivity contribution in [1.82, 2.24) is 9.21 Å². The lowest BCUT2D eigenvalue weighted by Crippen LogP contribution is -2.42. The van der Waals surface area contributed by atoms with Crippen LogP contribution in [0.3, 0.4) is 0 Å². The highest BCUT2D eigenvalue weighted by Gasteiger charge is 2.29. The Labute approximate surface area is 144 Å². The van der Waals surface area contributed by atoms with Gasteiger partial charge in [-0.1, -0.05) is 13.8 Å². The van der Waals surface area contributed by atoms with Crippen molar-refractivity contribution >= 4 is 15.9 Å². The summed E-state index contributed by atoms with van der Waals surface area (Å²) >= 11 is 0. The summed E-state index contributed by atoms with van der Waals surface area (Å²) in [6.45, 7) is 7.07. The lowest BCUT2D eigenvalue weighted by molar-refractivity contribution is 0.0623. The van der Waals surface area contributed by atoms with Crippen LogP contribution in [-0.4, -0.2) is 49.7 Å². The minimum atomic E-state index is -3.42. The minimum Gasteiger partial charge on any atom is -0.338 e. The van der Waals surface area contributed by atoms with Crippen molar-refractivity contribution in [3.63, 3.8) is 0 Å². The van der Waals surface area contributed by atoms with E-state index in [0.717, 1.165) is 32.4 Å². The van der Waals surface area contributed by atoms with Crippen molar-refractivity contribution in [2.24, 2.45) is 11.8 Å². The average Bonchev–Trinajstić information content (AvgIpc) is 3.08. The first kappa shape index (κ1) is 17.4. The molecular weight excluding hydrogens is 324 g/mol. The molecule has 2 aliphatic rings. The van der Waals surface area contributed by atoms with E-state index in [4.69, 9.17) is 0 Å². The van der Waals surface area contributed by atoms with E-state index >= 15 is 0 Å². The number of sulfonamides is 1. The topological polar surface area (TPSA) is 57.7 Å². The zero-order valence-electron chi connectivity index (χ0n) is 14.4. The van der Waals surface area contributed by atoms with Crippen molar-refractivity contribution in [1.29, 1.82) is 0 Å². The third kappa shape index (κ3) is 3.49. The van der Waals surface area contributed by atoms with Gasteiger partial charge in [-0.25, -0.2) is 8.42 Å². The summed E-state index contributed by atoms with van der Waals surface area (Å²) in [5.41, 5.74) is 0.566. The SMILES string of the molecule is C[C@@H]1C[C@H](C)CN(C(=O)c2ccc(S(=O)(=O)N3CCCC3)cc2)C1. The van der Waals surface area contributed by atoms with E-state index in [9.17, 15) is 13.2 Å². The first-order valence-corrected chi connectivity index (χ1v) is 10.2. The van der Waals surface area contributed by atoms with Gasteiger partial charge in [0.2, 0.25) is 10.0 Å². The maximum atomic E-state index is 12.7. The van der Waals surface area contributed by atoms with Crippen LogP contribution in [0.2, 0.25) is 0 Å². The molecule has 1 aromatic carbocycles. The normalized spacial score (nSPS) is 25.8. The Morgan fingerprint density at radius 1 is 1.00 bits per heavy atom. The molecule has 2 aliphatic heterocycles. The van der Waals surface area contributed by atoms with Gasteiger partial charge in [0.15, 0.2) is 0 Å². The van der Waals surface area contributed by atoms with Gasteiger partial charge in [0.25, 0.3) is 5.91 Å². The fourth-order valence-corrected chi connectivity index (χ4v) is 5.38. The molecule has 2 heterocycles. The summed E-state index contributed by atoms with van der Waals surface area (Å²) in [6, 6.07) is 6.43. The number of hydrogen-bond donors (Lipinski definition) is 0. The Morgan fingerprint density at radius 2 is 1.54 bits per heavy atom. The number of benzene rings is 1. The minimum absolute atomic E-state index is 0.00137. The van der Waals surface area contributed by atoms with Gasteiger partial charge in [-0.15, -0.1) is 0 Å². The van der Waals surface area contributed by atoms with Gasteiger partial charge in [-0.2, -0.15) is 4.31 Å². The monoisotopic (exact) mass is 350 g/mol. The van der Waals surface area contributed by atoms with Crippen molar-refractivity contribution in [2.45, 2.75) is 38.0 Å². The second-order valence-electron chi connectivity index (χ2n) is 7.29. The van der Waals surface area contributed by atoms with Crippen LogP contribution >= 0.6 is 0 Å². The molecule has 0 aromatic heterocycles. The molecule has 0 radical (unpaired) electrons. The number of likely N-dealkylation sites (tertiary alicyclic amines) is 1. The van der Waals surface area contributed by atoms with Gasteiger partial charge >= 0.3 is 0 Å². The zero-order chi connectivity index (χ0) is 17.3. The average molecular weight is 350 g/mol. The Bertz CT molecular complexity index is 683. The maximum absolute atomic E-state index is 12.7. The van der Waals surface area contributed by atoms with Crippen molar-refractivity contribution in [3.05, 3.63) is 29.8 Å². The van der Waals surface area contributed by atoms with E-state index in [1.165, 1.54) is 4.31 Å². The molecule has 0 N–H and O–H groups in total. The number of carbonyl (C=O) groups excluding carboxylic acids is 1. The summed E-state index contributed by atoms with van der Waals surface area (Å²) in [7, 11) is -3.42. The second-order valence-corrected chi connectivity index (χ2v) is 9.23. The molecule has 2 saturated heterocycles. The lowest BCUT2D eigenvalue weighted by atomic mass is 9.91. The van der Waals surface area contributed by atoms with Gasteiger partial charge in [-0.3, -0.25) is 4.79 Å². The van der Waals surface area contributed by atoms with Gasteiger partial charge in [-0.05, 0) is 55.4 Å². The van der Waals surface area contributed by atoms with Crippen LogP contribution in [0, 0.1) is 11.8 Å². The molecule has 0 unspecified atom stereocenters. The number of rotatable bonds is 3. The molecule has 2 atom stereocenters. The van der Waals surface area contributed by atoms with E-state index in [-0.39, 0.29) is 10.8 Å². The fourth-order valence-electron chi connectivity index (χ4n) is 3.86. The molecule has 1 aromatic rings. The van der Waals surface area contributed by atoms with Crippen LogP contribution in [0.5, 0.6) is 0 Å². The van der Waals surface area contributed by atoms with Crippen molar-refractivity contribution < 1.29 is 13.2 Å². The van der Waals surface area contributed by atoms with Crippen molar-refractivity contribution in [2.75, 3.05) is 26.2 Å². The van der Waals surface area contributed by atoms with Gasteiger partial charge < -0.3 is 4.90 Å². The molecule has 0 aliphatic carbocycles. The molecule has 6 heteroatoms. The Balaban J connectivity index is 1.75. The maximum Gasteiger partial charge on any atom is 0.253 e. The number of piperidine rings is 1. The highest BCUT2D eigenvalue weighted by molar-refractivity contribution is 7.89. The van der Waals surface area contributed by atoms with E-state index in [1.807, 2.05) is 4.90 Å². The molecule has 5 nitrogen and oxygen atoms in total. The predicted molar refractivity (Wildman–Crippen MR) is 93.3 cm³/mol. The van der Waals surface area contributed by atoms with Crippen LogP contribution in [0.15, 0.2) is 29.2 Å².